The fourth-order valence-corrected chi connectivity index (χ4v) is 4.20. The minimum absolute atomic E-state index is 0.235. The Kier molecular flexibility index (Phi) is 6.02. The molecule has 1 aliphatic heterocycles. The molecule has 1 aliphatic rings. The van der Waals surface area contributed by atoms with Crippen LogP contribution in [0.4, 0.5) is 5.69 Å². The van der Waals surface area contributed by atoms with E-state index in [2.05, 4.69) is 32.1 Å². The Morgan fingerprint density at radius 3 is 2.46 bits per heavy atom. The molecule has 1 saturated heterocycles. The van der Waals surface area contributed by atoms with Crippen molar-refractivity contribution >= 4 is 22.6 Å². The van der Waals surface area contributed by atoms with Crippen LogP contribution < -0.4 is 5.32 Å². The number of nitrogens with zero attached hydrogens (tertiary/aromatic N) is 3. The first kappa shape index (κ1) is 22.7. The third-order valence-electron chi connectivity index (χ3n) is 6.34. The Labute approximate surface area is 202 Å². The molecule has 3 aromatic carbocycles. The Balaban J connectivity index is 1.28. The number of H-pyrrole nitrogens is 1. The average molecular weight is 474 g/mol. The van der Waals surface area contributed by atoms with Gasteiger partial charge in [-0.2, -0.15) is 0 Å². The number of anilines is 1. The molecule has 0 bridgehead atoms. The highest BCUT2D eigenvalue weighted by Crippen LogP contribution is 2.41. The van der Waals surface area contributed by atoms with Gasteiger partial charge in [0, 0.05) is 44.0 Å². The van der Waals surface area contributed by atoms with Gasteiger partial charge < -0.3 is 30.5 Å². The second-order valence-electron chi connectivity index (χ2n) is 8.88. The number of nitrogens with one attached hydrogen (secondary N) is 2. The lowest BCUT2D eigenvalue weighted by Crippen LogP contribution is -2.43. The van der Waals surface area contributed by atoms with Gasteiger partial charge in [-0.05, 0) is 55.1 Å². The lowest BCUT2D eigenvalue weighted by molar-refractivity contribution is 0.102. The Bertz CT molecular complexity index is 1370. The number of aromatic amines is 1. The summed E-state index contributed by atoms with van der Waals surface area (Å²) in [5, 5.41) is 32.4. The molecule has 0 unspecified atom stereocenters. The maximum Gasteiger partial charge on any atom is 0.255 e. The van der Waals surface area contributed by atoms with Gasteiger partial charge in [-0.3, -0.25) is 9.69 Å². The molecule has 1 fully saturated rings. The van der Waals surface area contributed by atoms with Crippen molar-refractivity contribution < 1.29 is 20.1 Å². The van der Waals surface area contributed by atoms with E-state index in [-0.39, 0.29) is 11.5 Å². The first-order valence-electron chi connectivity index (χ1n) is 11.4. The predicted octanol–water partition coefficient (Wildman–Crippen LogP) is 3.35. The summed E-state index contributed by atoms with van der Waals surface area (Å²) in [5.74, 6) is -1.45. The number of piperazine rings is 1. The van der Waals surface area contributed by atoms with Crippen LogP contribution in [0.25, 0.3) is 22.4 Å². The van der Waals surface area contributed by atoms with Crippen molar-refractivity contribution in [1.29, 1.82) is 0 Å². The normalized spacial score (nSPS) is 14.9. The number of imidazole rings is 1. The highest BCUT2D eigenvalue weighted by atomic mass is 16.3. The molecule has 35 heavy (non-hydrogen) atoms. The first-order chi connectivity index (χ1) is 16.9. The summed E-state index contributed by atoms with van der Waals surface area (Å²) in [5.41, 5.74) is 3.81. The summed E-state index contributed by atoms with van der Waals surface area (Å²) < 4.78 is 0. The number of fused-ring (bicyclic) bond motifs is 1. The van der Waals surface area contributed by atoms with Crippen LogP contribution in [0.3, 0.4) is 0 Å². The predicted molar refractivity (Wildman–Crippen MR) is 134 cm³/mol. The maximum absolute atomic E-state index is 12.8. The highest BCUT2D eigenvalue weighted by molar-refractivity contribution is 6.06. The quantitative estimate of drug-likeness (QED) is 0.282. The van der Waals surface area contributed by atoms with Gasteiger partial charge in [-0.15, -0.1) is 0 Å². The molecular formula is C26H27N5O4. The minimum Gasteiger partial charge on any atom is -0.504 e. The molecule has 1 amide bonds. The summed E-state index contributed by atoms with van der Waals surface area (Å²) in [4.78, 5) is 25.1. The van der Waals surface area contributed by atoms with E-state index in [1.54, 1.807) is 18.2 Å². The lowest BCUT2D eigenvalue weighted by Gasteiger charge is -2.32. The van der Waals surface area contributed by atoms with Crippen molar-refractivity contribution in [2.24, 2.45) is 0 Å². The van der Waals surface area contributed by atoms with Gasteiger partial charge in [0.25, 0.3) is 5.91 Å². The summed E-state index contributed by atoms with van der Waals surface area (Å²) in [6, 6.07) is 15.7. The van der Waals surface area contributed by atoms with Gasteiger partial charge in [-0.1, -0.05) is 12.1 Å². The first-order valence-corrected chi connectivity index (χ1v) is 11.4. The van der Waals surface area contributed by atoms with Gasteiger partial charge in [0.05, 0.1) is 16.6 Å². The standard InChI is InChI=1S/C26H27N5O4/c1-30-10-12-31(13-11-30)15-16-2-5-18(6-3-16)27-26(35)17-4-8-20-21(14-17)29-25(28-20)19-7-9-22(32)24(34)23(19)33/h2-9,14,32-34H,10-13,15H2,1H3,(H,27,35)(H,28,29). The summed E-state index contributed by atoms with van der Waals surface area (Å²) >= 11 is 0. The third kappa shape index (κ3) is 4.77. The van der Waals surface area contributed by atoms with Crippen LogP contribution >= 0.6 is 0 Å². The SMILES string of the molecule is CN1CCN(Cc2ccc(NC(=O)c3ccc4nc(-c5ccc(O)c(O)c5O)[nH]c4c3)cc2)CC1. The molecule has 9 nitrogen and oxygen atoms in total. The molecule has 4 aromatic rings. The number of rotatable bonds is 5. The fraction of sp³-hybridized carbons (Fsp3) is 0.231. The maximum atomic E-state index is 12.8. The summed E-state index contributed by atoms with van der Waals surface area (Å²) in [6.07, 6.45) is 0. The topological polar surface area (TPSA) is 125 Å². The Hall–Kier alpha value is -4.08. The number of carbonyl (C=O) groups is 1. The van der Waals surface area contributed by atoms with E-state index in [0.717, 1.165) is 32.7 Å². The van der Waals surface area contributed by atoms with Crippen LogP contribution in [0.1, 0.15) is 15.9 Å². The molecule has 0 atom stereocenters. The van der Waals surface area contributed by atoms with E-state index in [9.17, 15) is 20.1 Å². The van der Waals surface area contributed by atoms with Gasteiger partial charge in [0.2, 0.25) is 5.75 Å². The molecule has 0 aliphatic carbocycles. The fourth-order valence-electron chi connectivity index (χ4n) is 4.20. The van der Waals surface area contributed by atoms with Crippen LogP contribution in [0.5, 0.6) is 17.2 Å². The van der Waals surface area contributed by atoms with Crippen molar-refractivity contribution in [2.45, 2.75) is 6.54 Å². The summed E-state index contributed by atoms with van der Waals surface area (Å²) in [6.45, 7) is 5.17. The van der Waals surface area contributed by atoms with Crippen molar-refractivity contribution in [1.82, 2.24) is 19.8 Å². The molecule has 1 aromatic heterocycles. The van der Waals surface area contributed by atoms with Crippen LogP contribution in [-0.4, -0.2) is 74.2 Å². The van der Waals surface area contributed by atoms with Crippen molar-refractivity contribution in [2.75, 3.05) is 38.5 Å². The smallest absolute Gasteiger partial charge is 0.255 e. The van der Waals surface area contributed by atoms with E-state index in [4.69, 9.17) is 0 Å². The van der Waals surface area contributed by atoms with Gasteiger partial charge >= 0.3 is 0 Å². The molecule has 2 heterocycles. The van der Waals surface area contributed by atoms with Gasteiger partial charge in [-0.25, -0.2) is 4.98 Å². The summed E-state index contributed by atoms with van der Waals surface area (Å²) in [7, 11) is 2.14. The van der Waals surface area contributed by atoms with Crippen LogP contribution in [0.2, 0.25) is 0 Å². The largest absolute Gasteiger partial charge is 0.504 e. The van der Waals surface area contributed by atoms with E-state index < -0.39 is 17.2 Å². The van der Waals surface area contributed by atoms with Crippen molar-refractivity contribution in [3.05, 3.63) is 65.7 Å². The van der Waals surface area contributed by atoms with Crippen LogP contribution in [-0.2, 0) is 6.54 Å². The van der Waals surface area contributed by atoms with E-state index in [0.29, 0.717) is 28.1 Å². The molecule has 5 rings (SSSR count). The zero-order chi connectivity index (χ0) is 24.5. The third-order valence-corrected chi connectivity index (χ3v) is 6.34. The number of phenols is 3. The number of amides is 1. The number of hydrogen-bond acceptors (Lipinski definition) is 7. The number of phenolic OH excluding ortho intramolecular Hbond substituents is 3. The molecular weight excluding hydrogens is 446 g/mol. The molecule has 180 valence electrons. The number of hydrogen-bond donors (Lipinski definition) is 5. The Morgan fingerprint density at radius 1 is 0.971 bits per heavy atom. The number of carbonyl (C=O) groups excluding carboxylic acids is 1. The van der Waals surface area contributed by atoms with E-state index >= 15 is 0 Å². The number of likely N-dealkylation sites (N-methyl/N-ethyl adjacent to an activating group) is 1. The molecule has 9 heteroatoms. The van der Waals surface area contributed by atoms with Crippen molar-refractivity contribution in [3.63, 3.8) is 0 Å². The van der Waals surface area contributed by atoms with Crippen LogP contribution in [0, 0.1) is 0 Å². The minimum atomic E-state index is -0.613. The highest BCUT2D eigenvalue weighted by Gasteiger charge is 2.17. The van der Waals surface area contributed by atoms with E-state index in [1.165, 1.54) is 17.7 Å². The van der Waals surface area contributed by atoms with E-state index in [1.807, 2.05) is 24.3 Å². The number of benzene rings is 3. The molecule has 0 saturated carbocycles. The van der Waals surface area contributed by atoms with Gasteiger partial charge in [0.1, 0.15) is 5.82 Å². The zero-order valence-electron chi connectivity index (χ0n) is 19.3. The number of aromatic hydroxyl groups is 3. The molecule has 5 N–H and O–H groups in total. The van der Waals surface area contributed by atoms with Crippen LogP contribution in [0.15, 0.2) is 54.6 Å². The monoisotopic (exact) mass is 473 g/mol. The van der Waals surface area contributed by atoms with Gasteiger partial charge in [0.15, 0.2) is 11.5 Å². The van der Waals surface area contributed by atoms with Crippen molar-refractivity contribution in [3.8, 4) is 28.6 Å². The molecule has 0 spiro atoms. The zero-order valence-corrected chi connectivity index (χ0v) is 19.3. The lowest BCUT2D eigenvalue weighted by atomic mass is 10.1. The second-order valence-corrected chi connectivity index (χ2v) is 8.88. The average Bonchev–Trinajstić information content (AvgIpc) is 3.28. The Morgan fingerprint density at radius 2 is 1.71 bits per heavy atom. The molecule has 0 radical (unpaired) electrons. The number of aromatic nitrogens is 2. The second kappa shape index (κ2) is 9.28.